The molecule has 0 fully saturated rings. The number of hydrogen-bond acceptors (Lipinski definition) is 5. The van der Waals surface area contributed by atoms with E-state index < -0.39 is 5.97 Å². The first-order valence-electron chi connectivity index (χ1n) is 6.45. The fourth-order valence-electron chi connectivity index (χ4n) is 2.37. The molecular weight excluding hydrogens is 270 g/mol. The molecule has 0 N–H and O–H groups in total. The predicted octanol–water partition coefficient (Wildman–Crippen LogP) is 1.42. The third-order valence-electron chi connectivity index (χ3n) is 3.43. The Bertz CT molecular complexity index is 690. The van der Waals surface area contributed by atoms with E-state index in [-0.39, 0.29) is 11.5 Å². The van der Waals surface area contributed by atoms with Crippen molar-refractivity contribution in [2.24, 2.45) is 0 Å². The Labute approximate surface area is 121 Å². The Morgan fingerprint density at radius 2 is 1.95 bits per heavy atom. The fraction of sp³-hybridized carbons (Fsp3) is 0.200. The van der Waals surface area contributed by atoms with Crippen LogP contribution in [0.5, 0.6) is 0 Å². The van der Waals surface area contributed by atoms with Gasteiger partial charge in [-0.25, -0.2) is 14.8 Å². The van der Waals surface area contributed by atoms with E-state index in [4.69, 9.17) is 4.74 Å². The van der Waals surface area contributed by atoms with Crippen molar-refractivity contribution in [3.05, 3.63) is 59.2 Å². The number of carbonyl (C=O) groups excluding carboxylic acids is 2. The van der Waals surface area contributed by atoms with E-state index in [0.717, 1.165) is 11.3 Å². The molecule has 0 unspecified atom stereocenters. The maximum absolute atomic E-state index is 12.6. The molecule has 0 aliphatic carbocycles. The number of fused-ring (bicyclic) bond motifs is 1. The smallest absolute Gasteiger partial charge is 0.338 e. The van der Waals surface area contributed by atoms with Crippen molar-refractivity contribution in [1.29, 1.82) is 0 Å². The van der Waals surface area contributed by atoms with Crippen LogP contribution in [0.25, 0.3) is 0 Å². The summed E-state index contributed by atoms with van der Waals surface area (Å²) in [5, 5.41) is 0. The zero-order valence-electron chi connectivity index (χ0n) is 11.4. The minimum atomic E-state index is -0.518. The largest absolute Gasteiger partial charge is 0.465 e. The Hall–Kier alpha value is -2.76. The number of ether oxygens (including phenoxy) is 1. The highest BCUT2D eigenvalue weighted by Crippen LogP contribution is 2.23. The van der Waals surface area contributed by atoms with Gasteiger partial charge in [0.15, 0.2) is 0 Å². The number of aromatic nitrogens is 2. The van der Waals surface area contributed by atoms with Gasteiger partial charge in [-0.1, -0.05) is 12.1 Å². The predicted molar refractivity (Wildman–Crippen MR) is 73.4 cm³/mol. The van der Waals surface area contributed by atoms with E-state index in [1.165, 1.54) is 13.4 Å². The maximum Gasteiger partial charge on any atom is 0.338 e. The van der Waals surface area contributed by atoms with Crippen LogP contribution < -0.4 is 0 Å². The van der Waals surface area contributed by atoms with Gasteiger partial charge in [0.25, 0.3) is 5.91 Å². The Kier molecular flexibility index (Phi) is 3.35. The van der Waals surface area contributed by atoms with Crippen LogP contribution in [0.1, 0.15) is 32.0 Å². The van der Waals surface area contributed by atoms with E-state index in [2.05, 4.69) is 9.97 Å². The highest BCUT2D eigenvalue weighted by Gasteiger charge is 2.28. The first kappa shape index (κ1) is 13.2. The second-order valence-corrected chi connectivity index (χ2v) is 4.69. The summed E-state index contributed by atoms with van der Waals surface area (Å²) in [4.78, 5) is 34.1. The third-order valence-corrected chi connectivity index (χ3v) is 3.43. The molecule has 21 heavy (non-hydrogen) atoms. The van der Waals surface area contributed by atoms with Crippen molar-refractivity contribution in [2.45, 2.75) is 13.1 Å². The molecule has 1 aromatic carbocycles. The first-order valence-corrected chi connectivity index (χ1v) is 6.45. The number of hydrogen-bond donors (Lipinski definition) is 0. The first-order chi connectivity index (χ1) is 10.2. The monoisotopic (exact) mass is 283 g/mol. The van der Waals surface area contributed by atoms with E-state index in [0.29, 0.717) is 18.7 Å². The zero-order valence-corrected chi connectivity index (χ0v) is 11.4. The lowest BCUT2D eigenvalue weighted by atomic mass is 10.1. The number of amides is 1. The number of benzene rings is 1. The minimum Gasteiger partial charge on any atom is -0.465 e. The van der Waals surface area contributed by atoms with Crippen LogP contribution in [0.3, 0.4) is 0 Å². The average Bonchev–Trinajstić information content (AvgIpc) is 2.97. The van der Waals surface area contributed by atoms with Crippen molar-refractivity contribution >= 4 is 11.9 Å². The molecule has 0 saturated carbocycles. The van der Waals surface area contributed by atoms with Gasteiger partial charge in [-0.05, 0) is 12.1 Å². The lowest BCUT2D eigenvalue weighted by Crippen LogP contribution is -2.27. The fourth-order valence-corrected chi connectivity index (χ4v) is 2.37. The molecule has 1 amide bonds. The van der Waals surface area contributed by atoms with Crippen molar-refractivity contribution in [3.8, 4) is 0 Å². The van der Waals surface area contributed by atoms with Gasteiger partial charge in [-0.2, -0.15) is 0 Å². The van der Waals surface area contributed by atoms with Crippen LogP contribution in [0, 0.1) is 0 Å². The Morgan fingerprint density at radius 3 is 2.67 bits per heavy atom. The third kappa shape index (κ3) is 2.35. The van der Waals surface area contributed by atoms with Crippen molar-refractivity contribution in [2.75, 3.05) is 7.11 Å². The summed E-state index contributed by atoms with van der Waals surface area (Å²) < 4.78 is 4.72. The van der Waals surface area contributed by atoms with Crippen molar-refractivity contribution in [1.82, 2.24) is 14.9 Å². The quantitative estimate of drug-likeness (QED) is 0.779. The summed E-state index contributed by atoms with van der Waals surface area (Å²) in [6.07, 6.45) is 3.18. The molecule has 0 bridgehead atoms. The number of esters is 1. The molecule has 6 heteroatoms. The van der Waals surface area contributed by atoms with Gasteiger partial charge in [0.1, 0.15) is 6.33 Å². The van der Waals surface area contributed by atoms with Crippen LogP contribution in [0.15, 0.2) is 36.8 Å². The van der Waals surface area contributed by atoms with Crippen molar-refractivity contribution in [3.63, 3.8) is 0 Å². The standard InChI is InChI=1S/C15H13N3O3/c1-21-15(20)12-5-3-2-4-11(12)14(19)18-7-10-6-16-9-17-13(10)8-18/h2-6,9H,7-8H2,1H3. The molecule has 2 heterocycles. The second-order valence-electron chi connectivity index (χ2n) is 4.69. The summed E-state index contributed by atoms with van der Waals surface area (Å²) in [5.41, 5.74) is 2.38. The molecule has 1 aliphatic rings. The van der Waals surface area contributed by atoms with E-state index >= 15 is 0 Å². The van der Waals surface area contributed by atoms with Gasteiger partial charge >= 0.3 is 5.97 Å². The molecule has 0 atom stereocenters. The molecule has 2 aromatic rings. The molecule has 0 spiro atoms. The van der Waals surface area contributed by atoms with Crippen LogP contribution >= 0.6 is 0 Å². The lowest BCUT2D eigenvalue weighted by molar-refractivity contribution is 0.0589. The second kappa shape index (κ2) is 5.32. The molecule has 3 rings (SSSR count). The Morgan fingerprint density at radius 1 is 1.19 bits per heavy atom. The number of methoxy groups -OCH3 is 1. The van der Waals surface area contributed by atoms with Gasteiger partial charge in [0, 0.05) is 18.3 Å². The number of rotatable bonds is 2. The number of nitrogens with zero attached hydrogens (tertiary/aromatic N) is 3. The molecule has 1 aliphatic heterocycles. The van der Waals surface area contributed by atoms with Gasteiger partial charge in [-0.15, -0.1) is 0 Å². The van der Waals surface area contributed by atoms with E-state index in [9.17, 15) is 9.59 Å². The highest BCUT2D eigenvalue weighted by molar-refractivity contribution is 6.05. The van der Waals surface area contributed by atoms with Crippen LogP contribution in [0.2, 0.25) is 0 Å². The highest BCUT2D eigenvalue weighted by atomic mass is 16.5. The van der Waals surface area contributed by atoms with Gasteiger partial charge in [0.05, 0.1) is 30.5 Å². The van der Waals surface area contributed by atoms with E-state index in [1.807, 2.05) is 0 Å². The van der Waals surface area contributed by atoms with Crippen LogP contribution in [-0.2, 0) is 17.8 Å². The topological polar surface area (TPSA) is 72.4 Å². The molecule has 6 nitrogen and oxygen atoms in total. The lowest BCUT2D eigenvalue weighted by Gasteiger charge is -2.16. The summed E-state index contributed by atoms with van der Waals surface area (Å²) in [7, 11) is 1.30. The molecular formula is C15H13N3O3. The summed E-state index contributed by atoms with van der Waals surface area (Å²) in [6, 6.07) is 6.64. The zero-order chi connectivity index (χ0) is 14.8. The van der Waals surface area contributed by atoms with Crippen molar-refractivity contribution < 1.29 is 14.3 Å². The normalized spacial score (nSPS) is 12.9. The minimum absolute atomic E-state index is 0.214. The maximum atomic E-state index is 12.6. The SMILES string of the molecule is COC(=O)c1ccccc1C(=O)N1Cc2cncnc2C1. The molecule has 106 valence electrons. The molecule has 1 aromatic heterocycles. The van der Waals surface area contributed by atoms with Crippen LogP contribution in [0.4, 0.5) is 0 Å². The van der Waals surface area contributed by atoms with Crippen LogP contribution in [-0.4, -0.2) is 33.9 Å². The summed E-state index contributed by atoms with van der Waals surface area (Å²) >= 11 is 0. The Balaban J connectivity index is 1.90. The average molecular weight is 283 g/mol. The van der Waals surface area contributed by atoms with E-state index in [1.54, 1.807) is 35.4 Å². The molecule has 0 radical (unpaired) electrons. The van der Waals surface area contributed by atoms with Gasteiger partial charge < -0.3 is 9.64 Å². The number of carbonyl (C=O) groups is 2. The van der Waals surface area contributed by atoms with Gasteiger partial charge in [-0.3, -0.25) is 4.79 Å². The molecule has 0 saturated heterocycles. The summed E-state index contributed by atoms with van der Waals surface area (Å²) in [6.45, 7) is 0.872. The summed E-state index contributed by atoms with van der Waals surface area (Å²) in [5.74, 6) is -0.732. The van der Waals surface area contributed by atoms with Gasteiger partial charge in [0.2, 0.25) is 0 Å².